The zero-order chi connectivity index (χ0) is 53.2. The monoisotopic (exact) mass is 1020 g/mol. The van der Waals surface area contributed by atoms with E-state index in [0.29, 0.717) is 77.3 Å². The molecule has 1 aromatic heterocycles. The number of likely N-dealkylation sites (tertiary alicyclic amines) is 2. The van der Waals surface area contributed by atoms with Gasteiger partial charge in [0, 0.05) is 95.2 Å². The van der Waals surface area contributed by atoms with Gasteiger partial charge in [-0.1, -0.05) is 42.5 Å². The molecule has 0 bridgehead atoms. The number of rotatable bonds is 15. The fraction of sp³-hybridized carbons (Fsp3) is 0.333. The fourth-order valence-electron chi connectivity index (χ4n) is 8.39. The third kappa shape index (κ3) is 15.7. The van der Waals surface area contributed by atoms with Crippen molar-refractivity contribution in [1.29, 1.82) is 10.5 Å². The molecule has 19 nitrogen and oxygen atoms in total. The number of nitrogens with zero attached hydrogens (tertiary/aromatic N) is 6. The molecule has 20 heteroatoms. The molecule has 3 heterocycles. The van der Waals surface area contributed by atoms with Crippen LogP contribution in [0.25, 0.3) is 0 Å². The van der Waals surface area contributed by atoms with Crippen LogP contribution in [0.5, 0.6) is 0 Å². The van der Waals surface area contributed by atoms with Gasteiger partial charge in [0.15, 0.2) is 0 Å². The molecule has 7 rings (SSSR count). The third-order valence-electron chi connectivity index (χ3n) is 12.8. The number of carbonyl (C=O) groups is 5. The molecule has 0 atom stereocenters. The summed E-state index contributed by atoms with van der Waals surface area (Å²) >= 11 is 0. The highest BCUT2D eigenvalue weighted by Gasteiger charge is 2.27. The number of amides is 7. The molecule has 0 aliphatic carbocycles. The van der Waals surface area contributed by atoms with E-state index in [4.69, 9.17) is 10.5 Å². The number of nitriles is 2. The molecule has 6 N–H and O–H groups in total. The Labute approximate surface area is 432 Å². The Morgan fingerprint density at radius 2 is 1.04 bits per heavy atom. The number of anilines is 2. The standard InChI is InChI=1S/C29H30N6O3.C25H32N6O4S/c1-20-5-8-24(28(37)35-16-11-23(12-17-35)22-9-6-21(19-30)7-10-22)18-26(20)34-29(38)33-15-14-32-27(36)25-4-2-3-13-31-25;1-18-4-7-22(16-23(18)29-25(33)27-12-13-28-36(34,35)30(2)3)24(32)31-14-10-21(11-15-31)20-8-5-19(17-26)6-9-20/h2-10,13,18,23H,11-12,14-17H2,1H3,(H,32,36)(H2,33,34,38);4-9,16,21,28H,10-15H2,1-3H3,(H2,27,29,33). The highest BCUT2D eigenvalue weighted by Crippen LogP contribution is 2.31. The van der Waals surface area contributed by atoms with Gasteiger partial charge in [0.1, 0.15) is 5.69 Å². The molecule has 4 aromatic carbocycles. The molecule has 7 amide bonds. The minimum Gasteiger partial charge on any atom is -0.349 e. The number of piperidine rings is 2. The molecule has 74 heavy (non-hydrogen) atoms. The van der Waals surface area contributed by atoms with Crippen LogP contribution >= 0.6 is 0 Å². The van der Waals surface area contributed by atoms with E-state index in [9.17, 15) is 32.4 Å². The lowest BCUT2D eigenvalue weighted by Crippen LogP contribution is -2.41. The summed E-state index contributed by atoms with van der Waals surface area (Å²) in [5.41, 5.74) is 7.68. The van der Waals surface area contributed by atoms with Crippen LogP contribution in [0, 0.1) is 36.5 Å². The Balaban J connectivity index is 0.000000241. The van der Waals surface area contributed by atoms with Crippen molar-refractivity contribution in [2.45, 2.75) is 51.4 Å². The number of benzene rings is 4. The van der Waals surface area contributed by atoms with E-state index in [0.717, 1.165) is 41.1 Å². The first-order valence-corrected chi connectivity index (χ1v) is 25.7. The van der Waals surface area contributed by atoms with Crippen LogP contribution in [0.3, 0.4) is 0 Å². The number of nitrogens with one attached hydrogen (secondary N) is 6. The first-order chi connectivity index (χ1) is 35.5. The van der Waals surface area contributed by atoms with Crippen molar-refractivity contribution in [1.82, 2.24) is 39.8 Å². The molecular formula is C54H62N12O7S. The summed E-state index contributed by atoms with van der Waals surface area (Å²) < 4.78 is 26.8. The smallest absolute Gasteiger partial charge is 0.319 e. The molecule has 386 valence electrons. The largest absolute Gasteiger partial charge is 0.349 e. The van der Waals surface area contributed by atoms with Gasteiger partial charge in [-0.3, -0.25) is 19.4 Å². The predicted molar refractivity (Wildman–Crippen MR) is 282 cm³/mol. The van der Waals surface area contributed by atoms with Crippen LogP contribution in [0.15, 0.2) is 109 Å². The second kappa shape index (κ2) is 26.5. The van der Waals surface area contributed by atoms with Crippen molar-refractivity contribution in [2.24, 2.45) is 0 Å². The maximum absolute atomic E-state index is 13.2. The molecule has 2 fully saturated rings. The summed E-state index contributed by atoms with van der Waals surface area (Å²) in [5.74, 6) is 0.247. The summed E-state index contributed by atoms with van der Waals surface area (Å²) in [6.45, 7) is 6.87. The van der Waals surface area contributed by atoms with E-state index in [-0.39, 0.29) is 43.9 Å². The van der Waals surface area contributed by atoms with Gasteiger partial charge < -0.3 is 36.4 Å². The minimum absolute atomic E-state index is 0.0455. The van der Waals surface area contributed by atoms with Crippen molar-refractivity contribution in [3.05, 3.63) is 160 Å². The van der Waals surface area contributed by atoms with Crippen molar-refractivity contribution in [2.75, 3.05) is 77.1 Å². The summed E-state index contributed by atoms with van der Waals surface area (Å²) in [6.07, 6.45) is 4.94. The van der Waals surface area contributed by atoms with Crippen molar-refractivity contribution < 1.29 is 32.4 Å². The average molecular weight is 1020 g/mol. The molecule has 2 saturated heterocycles. The summed E-state index contributed by atoms with van der Waals surface area (Å²) in [6, 6.07) is 34.2. The highest BCUT2D eigenvalue weighted by molar-refractivity contribution is 7.87. The molecule has 2 aliphatic rings. The van der Waals surface area contributed by atoms with Gasteiger partial charge in [0.25, 0.3) is 27.9 Å². The number of aromatic nitrogens is 1. The molecule has 0 unspecified atom stereocenters. The van der Waals surface area contributed by atoms with Crippen LogP contribution < -0.4 is 31.3 Å². The van der Waals surface area contributed by atoms with E-state index < -0.39 is 22.3 Å². The summed E-state index contributed by atoms with van der Waals surface area (Å²) in [5, 5.41) is 31.5. The number of hydrogen-bond acceptors (Lipinski definition) is 10. The second-order valence-corrected chi connectivity index (χ2v) is 20.0. The Bertz CT molecular complexity index is 2960. The summed E-state index contributed by atoms with van der Waals surface area (Å²) in [7, 11) is -0.724. The zero-order valence-corrected chi connectivity index (χ0v) is 42.8. The van der Waals surface area contributed by atoms with E-state index in [1.165, 1.54) is 25.2 Å². The molecule has 0 spiro atoms. The van der Waals surface area contributed by atoms with Gasteiger partial charge >= 0.3 is 12.1 Å². The van der Waals surface area contributed by atoms with Gasteiger partial charge in [-0.05, 0) is 134 Å². The minimum atomic E-state index is -3.55. The topological polar surface area (TPSA) is 262 Å². The lowest BCUT2D eigenvalue weighted by molar-refractivity contribution is 0.0705. The number of pyridine rings is 1. The van der Waals surface area contributed by atoms with Gasteiger partial charge in [-0.15, -0.1) is 0 Å². The van der Waals surface area contributed by atoms with Gasteiger partial charge in [-0.25, -0.2) is 14.3 Å². The third-order valence-corrected chi connectivity index (χ3v) is 14.4. The maximum Gasteiger partial charge on any atom is 0.319 e. The van der Waals surface area contributed by atoms with E-state index in [1.54, 1.807) is 54.7 Å². The van der Waals surface area contributed by atoms with E-state index >= 15 is 0 Å². The number of urea groups is 2. The zero-order valence-electron chi connectivity index (χ0n) is 42.0. The molecule has 2 aliphatic heterocycles. The first-order valence-electron chi connectivity index (χ1n) is 24.3. The highest BCUT2D eigenvalue weighted by atomic mass is 32.2. The van der Waals surface area contributed by atoms with Crippen molar-refractivity contribution in [3.8, 4) is 12.1 Å². The van der Waals surface area contributed by atoms with Crippen LogP contribution in [0.2, 0.25) is 0 Å². The van der Waals surface area contributed by atoms with Crippen LogP contribution in [0.4, 0.5) is 21.0 Å². The predicted octanol–water partition coefficient (Wildman–Crippen LogP) is 6.24. The number of hydrogen-bond donors (Lipinski definition) is 6. The van der Waals surface area contributed by atoms with Gasteiger partial charge in [0.05, 0.1) is 23.3 Å². The average Bonchev–Trinajstić information content (AvgIpc) is 3.42. The number of carbonyl (C=O) groups excluding carboxylic acids is 5. The van der Waals surface area contributed by atoms with E-state index in [2.05, 4.69) is 48.4 Å². The molecule has 5 aromatic rings. The van der Waals surface area contributed by atoms with Crippen LogP contribution in [0.1, 0.15) is 102 Å². The Hall–Kier alpha value is -8.17. The lowest BCUT2D eigenvalue weighted by Gasteiger charge is -2.32. The SMILES string of the molecule is Cc1ccc(C(=O)N2CCC(c3ccc(C#N)cc3)CC2)cc1NC(=O)NCCNC(=O)c1ccccn1.Cc1ccc(C(=O)N2CCC(c3ccc(C#N)cc3)CC2)cc1NC(=O)NCCNS(=O)(=O)N(C)C. The fourth-order valence-corrected chi connectivity index (χ4v) is 9.01. The van der Waals surface area contributed by atoms with Crippen LogP contribution in [-0.4, -0.2) is 124 Å². The molecule has 0 saturated carbocycles. The van der Waals surface area contributed by atoms with Gasteiger partial charge in [-0.2, -0.15) is 23.2 Å². The summed E-state index contributed by atoms with van der Waals surface area (Å²) in [4.78, 5) is 70.7. The second-order valence-electron chi connectivity index (χ2n) is 18.1. The first kappa shape index (κ1) is 55.1. The Morgan fingerprint density at radius 1 is 0.608 bits per heavy atom. The van der Waals surface area contributed by atoms with Crippen LogP contribution in [-0.2, 0) is 10.2 Å². The van der Waals surface area contributed by atoms with Gasteiger partial charge in [0.2, 0.25) is 0 Å². The van der Waals surface area contributed by atoms with E-state index in [1.807, 2.05) is 78.2 Å². The Morgan fingerprint density at radius 3 is 1.45 bits per heavy atom. The normalized spacial score (nSPS) is 13.8. The van der Waals surface area contributed by atoms with Crippen molar-refractivity contribution >= 4 is 51.4 Å². The molecular weight excluding hydrogens is 961 g/mol. The molecule has 0 radical (unpaired) electrons. The quantitative estimate of drug-likeness (QED) is 0.0644. The Kier molecular flexibility index (Phi) is 19.8. The van der Waals surface area contributed by atoms with Crippen molar-refractivity contribution in [3.63, 3.8) is 0 Å². The maximum atomic E-state index is 13.2. The lowest BCUT2D eigenvalue weighted by atomic mass is 9.89. The number of aryl methyl sites for hydroxylation is 2.